The molecular weight excluding hydrogens is 256 g/mol. The van der Waals surface area contributed by atoms with E-state index in [9.17, 15) is 0 Å². The first-order chi connectivity index (χ1) is 9.73. The van der Waals surface area contributed by atoms with E-state index in [0.29, 0.717) is 17.2 Å². The van der Waals surface area contributed by atoms with Crippen LogP contribution < -0.4 is 25.5 Å². The number of nitrogens with one attached hydrogen (secondary N) is 1. The molecular formula is C15H26N2O3. The molecule has 114 valence electrons. The van der Waals surface area contributed by atoms with Crippen molar-refractivity contribution in [2.24, 2.45) is 5.84 Å². The lowest BCUT2D eigenvalue weighted by molar-refractivity contribution is 0.318. The summed E-state index contributed by atoms with van der Waals surface area (Å²) in [4.78, 5) is 0. The molecule has 5 nitrogen and oxygen atoms in total. The highest BCUT2D eigenvalue weighted by Crippen LogP contribution is 2.42. The molecule has 3 N–H and O–H groups in total. The van der Waals surface area contributed by atoms with Crippen LogP contribution >= 0.6 is 0 Å². The number of hydrazine groups is 1. The summed E-state index contributed by atoms with van der Waals surface area (Å²) in [6, 6.07) is 3.88. The van der Waals surface area contributed by atoms with Crippen LogP contribution in [0, 0.1) is 0 Å². The normalized spacial score (nSPS) is 12.1. The molecule has 0 heterocycles. The molecule has 20 heavy (non-hydrogen) atoms. The third kappa shape index (κ3) is 3.77. The zero-order valence-electron chi connectivity index (χ0n) is 12.9. The Bertz CT molecular complexity index is 410. The highest BCUT2D eigenvalue weighted by atomic mass is 16.5. The van der Waals surface area contributed by atoms with Crippen LogP contribution in [0.5, 0.6) is 17.2 Å². The average Bonchev–Trinajstić information content (AvgIpc) is 2.50. The second kappa shape index (κ2) is 8.66. The van der Waals surface area contributed by atoms with E-state index in [1.165, 1.54) is 12.8 Å². The van der Waals surface area contributed by atoms with Gasteiger partial charge in [-0.05, 0) is 18.6 Å². The molecule has 1 aromatic rings. The molecule has 0 saturated heterocycles. The second-order valence-electron chi connectivity index (χ2n) is 4.64. The molecule has 0 aliphatic heterocycles. The van der Waals surface area contributed by atoms with Gasteiger partial charge in [0.2, 0.25) is 5.75 Å². The number of unbranched alkanes of at least 4 members (excludes halogenated alkanes) is 2. The first kappa shape index (κ1) is 16.6. The number of benzene rings is 1. The molecule has 0 spiro atoms. The van der Waals surface area contributed by atoms with Gasteiger partial charge < -0.3 is 14.2 Å². The lowest BCUT2D eigenvalue weighted by Crippen LogP contribution is -2.28. The van der Waals surface area contributed by atoms with E-state index >= 15 is 0 Å². The Morgan fingerprint density at radius 3 is 2.25 bits per heavy atom. The van der Waals surface area contributed by atoms with Gasteiger partial charge in [0, 0.05) is 11.6 Å². The van der Waals surface area contributed by atoms with Crippen LogP contribution in [0.4, 0.5) is 0 Å². The van der Waals surface area contributed by atoms with E-state index in [4.69, 9.17) is 20.1 Å². The molecule has 1 unspecified atom stereocenters. The molecule has 0 aliphatic rings. The van der Waals surface area contributed by atoms with E-state index in [1.807, 2.05) is 12.1 Å². The Morgan fingerprint density at radius 1 is 1.05 bits per heavy atom. The summed E-state index contributed by atoms with van der Waals surface area (Å²) >= 11 is 0. The van der Waals surface area contributed by atoms with E-state index in [2.05, 4.69) is 12.3 Å². The van der Waals surface area contributed by atoms with Gasteiger partial charge in [-0.3, -0.25) is 11.3 Å². The summed E-state index contributed by atoms with van der Waals surface area (Å²) in [7, 11) is 4.84. The predicted molar refractivity (Wildman–Crippen MR) is 80.3 cm³/mol. The summed E-state index contributed by atoms with van der Waals surface area (Å²) in [6.45, 7) is 2.18. The molecule has 0 amide bonds. The quantitative estimate of drug-likeness (QED) is 0.414. The summed E-state index contributed by atoms with van der Waals surface area (Å²) in [5.74, 6) is 7.62. The number of nitrogens with two attached hydrogens (primary N) is 1. The molecule has 0 radical (unpaired) electrons. The molecule has 1 aromatic carbocycles. The van der Waals surface area contributed by atoms with Gasteiger partial charge in [-0.2, -0.15) is 0 Å². The van der Waals surface area contributed by atoms with Crippen molar-refractivity contribution in [3.05, 3.63) is 17.7 Å². The van der Waals surface area contributed by atoms with Gasteiger partial charge in [0.05, 0.1) is 21.3 Å². The Hall–Kier alpha value is -1.46. The summed E-state index contributed by atoms with van der Waals surface area (Å²) < 4.78 is 16.2. The first-order valence-electron chi connectivity index (χ1n) is 6.98. The standard InChI is InChI=1S/C15H26N2O3/c1-5-6-7-8-12(17-16)11-9-10-13(18-2)15(20-4)14(11)19-3/h9-10,12,17H,5-8,16H2,1-4H3. The summed E-state index contributed by atoms with van der Waals surface area (Å²) in [5.41, 5.74) is 3.85. The molecule has 0 aromatic heterocycles. The Kier molecular flexibility index (Phi) is 7.18. The van der Waals surface area contributed by atoms with Gasteiger partial charge >= 0.3 is 0 Å². The second-order valence-corrected chi connectivity index (χ2v) is 4.64. The van der Waals surface area contributed by atoms with Crippen LogP contribution in [0.25, 0.3) is 0 Å². The van der Waals surface area contributed by atoms with Gasteiger partial charge in [-0.15, -0.1) is 0 Å². The fraction of sp³-hybridized carbons (Fsp3) is 0.600. The van der Waals surface area contributed by atoms with Crippen LogP contribution in [-0.2, 0) is 0 Å². The lowest BCUT2D eigenvalue weighted by atomic mass is 9.99. The molecule has 0 aliphatic carbocycles. The number of ether oxygens (including phenoxy) is 3. The molecule has 1 atom stereocenters. The summed E-state index contributed by atoms with van der Waals surface area (Å²) in [6.07, 6.45) is 4.44. The van der Waals surface area contributed by atoms with Crippen LogP contribution in [0.15, 0.2) is 12.1 Å². The van der Waals surface area contributed by atoms with Crippen molar-refractivity contribution in [1.29, 1.82) is 0 Å². The summed E-state index contributed by atoms with van der Waals surface area (Å²) in [5, 5.41) is 0. The molecule has 0 fully saturated rings. The third-order valence-corrected chi connectivity index (χ3v) is 3.41. The number of hydrogen-bond donors (Lipinski definition) is 2. The minimum absolute atomic E-state index is 0.0382. The van der Waals surface area contributed by atoms with Gasteiger partial charge in [-0.1, -0.05) is 26.2 Å². The zero-order valence-corrected chi connectivity index (χ0v) is 12.9. The van der Waals surface area contributed by atoms with Crippen molar-refractivity contribution in [3.63, 3.8) is 0 Å². The Morgan fingerprint density at radius 2 is 1.75 bits per heavy atom. The van der Waals surface area contributed by atoms with Crippen molar-refractivity contribution in [3.8, 4) is 17.2 Å². The minimum atomic E-state index is 0.0382. The van der Waals surface area contributed by atoms with E-state index in [1.54, 1.807) is 21.3 Å². The van der Waals surface area contributed by atoms with Crippen molar-refractivity contribution < 1.29 is 14.2 Å². The third-order valence-electron chi connectivity index (χ3n) is 3.41. The number of methoxy groups -OCH3 is 3. The fourth-order valence-electron chi connectivity index (χ4n) is 2.33. The van der Waals surface area contributed by atoms with E-state index in [0.717, 1.165) is 18.4 Å². The maximum Gasteiger partial charge on any atom is 0.203 e. The van der Waals surface area contributed by atoms with Crippen LogP contribution in [-0.4, -0.2) is 21.3 Å². The minimum Gasteiger partial charge on any atom is -0.493 e. The smallest absolute Gasteiger partial charge is 0.203 e. The maximum atomic E-state index is 5.70. The van der Waals surface area contributed by atoms with Crippen molar-refractivity contribution >= 4 is 0 Å². The van der Waals surface area contributed by atoms with Gasteiger partial charge in [-0.25, -0.2) is 0 Å². The zero-order chi connectivity index (χ0) is 15.0. The van der Waals surface area contributed by atoms with Gasteiger partial charge in [0.25, 0.3) is 0 Å². The number of hydrogen-bond acceptors (Lipinski definition) is 5. The van der Waals surface area contributed by atoms with Crippen molar-refractivity contribution in [2.75, 3.05) is 21.3 Å². The molecule has 5 heteroatoms. The SMILES string of the molecule is CCCCCC(NN)c1ccc(OC)c(OC)c1OC. The van der Waals surface area contributed by atoms with Gasteiger partial charge in [0.15, 0.2) is 11.5 Å². The van der Waals surface area contributed by atoms with Crippen molar-refractivity contribution in [2.45, 2.75) is 38.6 Å². The fourth-order valence-corrected chi connectivity index (χ4v) is 2.33. The van der Waals surface area contributed by atoms with E-state index in [-0.39, 0.29) is 6.04 Å². The maximum absolute atomic E-state index is 5.70. The number of rotatable bonds is 9. The molecule has 0 saturated carbocycles. The molecule has 1 rings (SSSR count). The van der Waals surface area contributed by atoms with Crippen LogP contribution in [0.1, 0.15) is 44.2 Å². The van der Waals surface area contributed by atoms with Crippen LogP contribution in [0.3, 0.4) is 0 Å². The topological polar surface area (TPSA) is 65.7 Å². The van der Waals surface area contributed by atoms with Gasteiger partial charge in [0.1, 0.15) is 0 Å². The molecule has 0 bridgehead atoms. The Labute approximate surface area is 121 Å². The van der Waals surface area contributed by atoms with Crippen molar-refractivity contribution in [1.82, 2.24) is 5.43 Å². The lowest BCUT2D eigenvalue weighted by Gasteiger charge is -2.21. The monoisotopic (exact) mass is 282 g/mol. The van der Waals surface area contributed by atoms with E-state index < -0.39 is 0 Å². The first-order valence-corrected chi connectivity index (χ1v) is 6.98. The Balaban J connectivity index is 3.08. The highest BCUT2D eigenvalue weighted by molar-refractivity contribution is 5.56. The highest BCUT2D eigenvalue weighted by Gasteiger charge is 2.21. The average molecular weight is 282 g/mol. The largest absolute Gasteiger partial charge is 0.493 e. The predicted octanol–water partition coefficient (Wildman–Crippen LogP) is 2.80. The van der Waals surface area contributed by atoms with Crippen LogP contribution in [0.2, 0.25) is 0 Å².